The smallest absolute Gasteiger partial charge is 0.303 e. The number of morpholine rings is 1. The van der Waals surface area contributed by atoms with E-state index < -0.39 is 5.97 Å². The molecule has 1 aromatic carbocycles. The number of nitrogens with zero attached hydrogens (tertiary/aromatic N) is 1. The summed E-state index contributed by atoms with van der Waals surface area (Å²) in [7, 11) is 0. The van der Waals surface area contributed by atoms with Crippen molar-refractivity contribution in [1.29, 1.82) is 0 Å². The van der Waals surface area contributed by atoms with Crippen LogP contribution in [0.4, 0.5) is 0 Å². The molecule has 1 aromatic rings. The second-order valence-corrected chi connectivity index (χ2v) is 6.45. The van der Waals surface area contributed by atoms with Gasteiger partial charge in [0.15, 0.2) is 0 Å². The molecule has 1 unspecified atom stereocenters. The number of benzene rings is 1. The Morgan fingerprint density at radius 3 is 2.77 bits per heavy atom. The lowest BCUT2D eigenvalue weighted by molar-refractivity contribution is -0.137. The average molecular weight is 371 g/mol. The van der Waals surface area contributed by atoms with Gasteiger partial charge in [0.25, 0.3) is 0 Å². The molecular formula is C16H23BrN2O3. The number of aliphatic carboxylic acids is 1. The van der Waals surface area contributed by atoms with Crippen molar-refractivity contribution in [3.63, 3.8) is 0 Å². The molecule has 1 heterocycles. The van der Waals surface area contributed by atoms with Gasteiger partial charge >= 0.3 is 5.97 Å². The fourth-order valence-electron chi connectivity index (χ4n) is 2.55. The topological polar surface area (TPSA) is 75.8 Å². The summed E-state index contributed by atoms with van der Waals surface area (Å²) in [5, 5.41) is 8.72. The van der Waals surface area contributed by atoms with Crippen molar-refractivity contribution in [2.75, 3.05) is 32.8 Å². The Labute approximate surface area is 139 Å². The first-order chi connectivity index (χ1) is 10.6. The maximum atomic E-state index is 10.6. The third-order valence-electron chi connectivity index (χ3n) is 3.98. The molecule has 2 rings (SSSR count). The normalized spacial score (nSPS) is 17.4. The molecule has 0 bridgehead atoms. The van der Waals surface area contributed by atoms with E-state index in [0.717, 1.165) is 49.3 Å². The van der Waals surface area contributed by atoms with Gasteiger partial charge in [-0.1, -0.05) is 28.1 Å². The van der Waals surface area contributed by atoms with E-state index in [2.05, 4.69) is 26.9 Å². The summed E-state index contributed by atoms with van der Waals surface area (Å²) in [6.07, 6.45) is 1.53. The van der Waals surface area contributed by atoms with E-state index in [1.807, 2.05) is 12.1 Å². The van der Waals surface area contributed by atoms with Gasteiger partial charge in [-0.2, -0.15) is 0 Å². The first-order valence-corrected chi connectivity index (χ1v) is 8.41. The van der Waals surface area contributed by atoms with Crippen molar-refractivity contribution < 1.29 is 14.6 Å². The van der Waals surface area contributed by atoms with Crippen molar-refractivity contribution >= 4 is 21.9 Å². The highest BCUT2D eigenvalue weighted by atomic mass is 79.9. The third-order valence-corrected chi connectivity index (χ3v) is 4.71. The SMILES string of the molecule is NC(CCC(=O)O)c1ccc(CCN2CCOCC2)c(Br)c1. The standard InChI is InChI=1S/C16H23BrN2O3/c17-14-11-13(15(18)3-4-16(20)21)2-1-12(14)5-6-19-7-9-22-10-8-19/h1-2,11,15H,3-10,18H2,(H,20,21). The molecule has 0 amide bonds. The van der Waals surface area contributed by atoms with Gasteiger partial charge in [-0.25, -0.2) is 0 Å². The summed E-state index contributed by atoms with van der Waals surface area (Å²) in [4.78, 5) is 13.0. The van der Waals surface area contributed by atoms with Gasteiger partial charge in [-0.15, -0.1) is 0 Å². The Balaban J connectivity index is 1.89. The Morgan fingerprint density at radius 2 is 2.14 bits per heavy atom. The summed E-state index contributed by atoms with van der Waals surface area (Å²) in [6.45, 7) is 4.65. The van der Waals surface area contributed by atoms with Gasteiger partial charge in [0.05, 0.1) is 13.2 Å². The molecule has 122 valence electrons. The monoisotopic (exact) mass is 370 g/mol. The second-order valence-electron chi connectivity index (χ2n) is 5.59. The molecule has 0 aromatic heterocycles. The third kappa shape index (κ3) is 5.35. The van der Waals surface area contributed by atoms with E-state index >= 15 is 0 Å². The van der Waals surface area contributed by atoms with Crippen molar-refractivity contribution in [2.45, 2.75) is 25.3 Å². The molecular weight excluding hydrogens is 348 g/mol. The molecule has 6 heteroatoms. The van der Waals surface area contributed by atoms with E-state index in [9.17, 15) is 4.79 Å². The number of hydrogen-bond acceptors (Lipinski definition) is 4. The Kier molecular flexibility index (Phi) is 6.82. The van der Waals surface area contributed by atoms with Crippen LogP contribution in [0.1, 0.15) is 30.0 Å². The molecule has 1 aliphatic heterocycles. The lowest BCUT2D eigenvalue weighted by Gasteiger charge is -2.26. The molecule has 0 saturated carbocycles. The molecule has 1 atom stereocenters. The van der Waals surface area contributed by atoms with E-state index in [4.69, 9.17) is 15.6 Å². The second kappa shape index (κ2) is 8.62. The van der Waals surface area contributed by atoms with Gasteiger partial charge in [-0.3, -0.25) is 9.69 Å². The number of ether oxygens (including phenoxy) is 1. The summed E-state index contributed by atoms with van der Waals surface area (Å²) < 4.78 is 6.40. The zero-order chi connectivity index (χ0) is 15.9. The number of nitrogens with two attached hydrogens (primary N) is 1. The van der Waals surface area contributed by atoms with Crippen molar-refractivity contribution in [1.82, 2.24) is 4.90 Å². The number of carboxylic acids is 1. The van der Waals surface area contributed by atoms with Crippen molar-refractivity contribution in [3.05, 3.63) is 33.8 Å². The summed E-state index contributed by atoms with van der Waals surface area (Å²) in [5.41, 5.74) is 8.27. The highest BCUT2D eigenvalue weighted by molar-refractivity contribution is 9.10. The van der Waals surface area contributed by atoms with Gasteiger partial charge < -0.3 is 15.6 Å². The number of hydrogen-bond donors (Lipinski definition) is 2. The maximum absolute atomic E-state index is 10.6. The average Bonchev–Trinajstić information content (AvgIpc) is 2.52. The molecule has 0 aliphatic carbocycles. The van der Waals surface area contributed by atoms with Crippen LogP contribution >= 0.6 is 15.9 Å². The van der Waals surface area contributed by atoms with Crippen LogP contribution in [-0.4, -0.2) is 48.8 Å². The van der Waals surface area contributed by atoms with E-state index in [1.54, 1.807) is 0 Å². The zero-order valence-electron chi connectivity index (χ0n) is 12.6. The molecule has 0 spiro atoms. The minimum absolute atomic E-state index is 0.0948. The molecule has 1 fully saturated rings. The van der Waals surface area contributed by atoms with Gasteiger partial charge in [-0.05, 0) is 30.0 Å². The maximum Gasteiger partial charge on any atom is 0.303 e. The molecule has 22 heavy (non-hydrogen) atoms. The fourth-order valence-corrected chi connectivity index (χ4v) is 3.14. The largest absolute Gasteiger partial charge is 0.481 e. The predicted octanol–water partition coefficient (Wildman–Crippen LogP) is 2.19. The van der Waals surface area contributed by atoms with Crippen LogP contribution in [-0.2, 0) is 16.0 Å². The number of carboxylic acid groups (broad SMARTS) is 1. The van der Waals surface area contributed by atoms with Crippen molar-refractivity contribution in [2.24, 2.45) is 5.73 Å². The van der Waals surface area contributed by atoms with Gasteiger partial charge in [0.1, 0.15) is 0 Å². The molecule has 0 radical (unpaired) electrons. The number of rotatable bonds is 7. The van der Waals surface area contributed by atoms with Crippen LogP contribution in [0, 0.1) is 0 Å². The van der Waals surface area contributed by atoms with Crippen LogP contribution < -0.4 is 5.73 Å². The summed E-state index contributed by atoms with van der Waals surface area (Å²) in [5.74, 6) is -0.809. The fraction of sp³-hybridized carbons (Fsp3) is 0.562. The van der Waals surface area contributed by atoms with Crippen molar-refractivity contribution in [3.8, 4) is 0 Å². The predicted molar refractivity (Wildman–Crippen MR) is 88.9 cm³/mol. The van der Waals surface area contributed by atoms with Crippen LogP contribution in [0.5, 0.6) is 0 Å². The minimum Gasteiger partial charge on any atom is -0.481 e. The van der Waals surface area contributed by atoms with Crippen LogP contribution in [0.2, 0.25) is 0 Å². The van der Waals surface area contributed by atoms with E-state index in [1.165, 1.54) is 5.56 Å². The number of carbonyl (C=O) groups is 1. The molecule has 5 nitrogen and oxygen atoms in total. The van der Waals surface area contributed by atoms with E-state index in [0.29, 0.717) is 6.42 Å². The van der Waals surface area contributed by atoms with Crippen LogP contribution in [0.3, 0.4) is 0 Å². The van der Waals surface area contributed by atoms with Gasteiger partial charge in [0.2, 0.25) is 0 Å². The Hall–Kier alpha value is -0.950. The summed E-state index contributed by atoms with van der Waals surface area (Å²) >= 11 is 3.61. The molecule has 1 aliphatic rings. The number of halogens is 1. The van der Waals surface area contributed by atoms with E-state index in [-0.39, 0.29) is 12.5 Å². The van der Waals surface area contributed by atoms with Crippen LogP contribution in [0.15, 0.2) is 22.7 Å². The quantitative estimate of drug-likeness (QED) is 0.769. The Bertz CT molecular complexity index is 504. The summed E-state index contributed by atoms with van der Waals surface area (Å²) in [6, 6.07) is 5.87. The first kappa shape index (κ1) is 17.4. The lowest BCUT2D eigenvalue weighted by Crippen LogP contribution is -2.37. The first-order valence-electron chi connectivity index (χ1n) is 7.62. The lowest BCUT2D eigenvalue weighted by atomic mass is 10.0. The van der Waals surface area contributed by atoms with Crippen LogP contribution in [0.25, 0.3) is 0 Å². The Morgan fingerprint density at radius 1 is 1.41 bits per heavy atom. The molecule has 1 saturated heterocycles. The highest BCUT2D eigenvalue weighted by Gasteiger charge is 2.13. The molecule has 3 N–H and O–H groups in total. The highest BCUT2D eigenvalue weighted by Crippen LogP contribution is 2.24. The van der Waals surface area contributed by atoms with Gasteiger partial charge in [0, 0.05) is 36.6 Å². The zero-order valence-corrected chi connectivity index (χ0v) is 14.2. The minimum atomic E-state index is -0.809.